The molecule has 0 aromatic rings. The van der Waals surface area contributed by atoms with Crippen LogP contribution in [0.25, 0.3) is 0 Å². The zero-order valence-corrected chi connectivity index (χ0v) is 5.04. The molecule has 0 atom stereocenters. The minimum Gasteiger partial charge on any atom is -0.236 e. The molecule has 1 radical (unpaired) electrons. The van der Waals surface area contributed by atoms with Gasteiger partial charge in [0.1, 0.15) is 0 Å². The lowest BCUT2D eigenvalue weighted by atomic mass is 10.8. The Morgan fingerprint density at radius 3 is 2.86 bits per heavy atom. The topological polar surface area (TPSA) is 19.9 Å². The number of thioether (sulfide) groups is 1. The Labute approximate surface area is 48.4 Å². The lowest BCUT2D eigenvalue weighted by molar-refractivity contribution is 0.215. The van der Waals surface area contributed by atoms with Crippen LogP contribution in [-0.4, -0.2) is 18.1 Å². The molecule has 0 rings (SSSR count). The van der Waals surface area contributed by atoms with Crippen LogP contribution >= 0.6 is 11.8 Å². The first kappa shape index (κ1) is 7.05. The molecule has 0 bridgehead atoms. The van der Waals surface area contributed by atoms with Crippen molar-refractivity contribution in [3.8, 4) is 0 Å². The zero-order valence-electron chi connectivity index (χ0n) is 4.22. The first-order valence-corrected chi connectivity index (χ1v) is 3.34. The van der Waals surface area contributed by atoms with Crippen LogP contribution in [0.2, 0.25) is 0 Å². The van der Waals surface area contributed by atoms with Crippen LogP contribution in [0.3, 0.4) is 0 Å². The molecule has 0 aliphatic carbocycles. The summed E-state index contributed by atoms with van der Waals surface area (Å²) in [5, 5.41) is 9.75. The Morgan fingerprint density at radius 1 is 1.71 bits per heavy atom. The molecule has 7 heavy (non-hydrogen) atoms. The zero-order chi connectivity index (χ0) is 5.54. The van der Waals surface area contributed by atoms with Gasteiger partial charge in [0.15, 0.2) is 0 Å². The van der Waals surface area contributed by atoms with Gasteiger partial charge in [-0.3, -0.25) is 0 Å². The molecule has 2 heteroatoms. The molecule has 0 unspecified atom stereocenters. The van der Waals surface area contributed by atoms with Gasteiger partial charge < -0.3 is 0 Å². The minimum atomic E-state index is 0.0263. The predicted molar refractivity (Wildman–Crippen MR) is 33.1 cm³/mol. The second-order valence-electron chi connectivity index (χ2n) is 1.07. The normalized spacial score (nSPS) is 8.71. The van der Waals surface area contributed by atoms with Crippen molar-refractivity contribution in [2.45, 2.75) is 0 Å². The number of rotatable bonds is 4. The highest BCUT2D eigenvalue weighted by molar-refractivity contribution is 7.99. The Hall–Kier alpha value is 0.0500. The van der Waals surface area contributed by atoms with Gasteiger partial charge in [-0.2, -0.15) is 11.8 Å². The molecule has 0 saturated carbocycles. The lowest BCUT2D eigenvalue weighted by Crippen LogP contribution is -1.83. The summed E-state index contributed by atoms with van der Waals surface area (Å²) in [6.45, 7) is 3.54. The van der Waals surface area contributed by atoms with E-state index in [-0.39, 0.29) is 6.61 Å². The van der Waals surface area contributed by atoms with Gasteiger partial charge in [-0.05, 0) is 0 Å². The van der Waals surface area contributed by atoms with Crippen molar-refractivity contribution in [1.29, 1.82) is 0 Å². The molecule has 0 saturated heterocycles. The van der Waals surface area contributed by atoms with Gasteiger partial charge >= 0.3 is 0 Å². The van der Waals surface area contributed by atoms with E-state index in [1.165, 1.54) is 0 Å². The van der Waals surface area contributed by atoms with E-state index in [1.54, 1.807) is 17.8 Å². The van der Waals surface area contributed by atoms with Crippen molar-refractivity contribution in [3.05, 3.63) is 12.7 Å². The maximum atomic E-state index is 9.75. The van der Waals surface area contributed by atoms with Crippen molar-refractivity contribution < 1.29 is 5.11 Å². The van der Waals surface area contributed by atoms with E-state index in [1.807, 2.05) is 0 Å². The van der Waals surface area contributed by atoms with E-state index >= 15 is 0 Å². The molecule has 0 N–H and O–H groups in total. The second-order valence-corrected chi connectivity index (χ2v) is 2.22. The Morgan fingerprint density at radius 2 is 2.43 bits per heavy atom. The summed E-state index contributed by atoms with van der Waals surface area (Å²) < 4.78 is 0. The van der Waals surface area contributed by atoms with Gasteiger partial charge in [0, 0.05) is 11.5 Å². The molecule has 0 heterocycles. The lowest BCUT2D eigenvalue weighted by Gasteiger charge is -1.86. The van der Waals surface area contributed by atoms with Gasteiger partial charge in [0.25, 0.3) is 0 Å². The molecule has 0 aliphatic heterocycles. The van der Waals surface area contributed by atoms with Crippen LogP contribution in [0.15, 0.2) is 12.7 Å². The molecule has 0 aromatic heterocycles. The second kappa shape index (κ2) is 6.05. The maximum absolute atomic E-state index is 9.75. The van der Waals surface area contributed by atoms with Crippen molar-refractivity contribution >= 4 is 11.8 Å². The molecule has 0 fully saturated rings. The molecule has 1 nitrogen and oxygen atoms in total. The Kier molecular flexibility index (Phi) is 6.09. The fourth-order valence-corrected chi connectivity index (χ4v) is 0.677. The fourth-order valence-electron chi connectivity index (χ4n) is 0.226. The molecular weight excluding hydrogens is 108 g/mol. The van der Waals surface area contributed by atoms with E-state index in [4.69, 9.17) is 0 Å². The fraction of sp³-hybridized carbons (Fsp3) is 0.600. The van der Waals surface area contributed by atoms with Gasteiger partial charge in [-0.25, -0.2) is 5.11 Å². The average Bonchev–Trinajstić information content (AvgIpc) is 1.69. The molecular formula is C5H9OS. The summed E-state index contributed by atoms with van der Waals surface area (Å²) in [7, 11) is 0. The van der Waals surface area contributed by atoms with Crippen LogP contribution in [0.5, 0.6) is 0 Å². The van der Waals surface area contributed by atoms with Crippen LogP contribution in [0, 0.1) is 0 Å². The minimum absolute atomic E-state index is 0.0263. The van der Waals surface area contributed by atoms with E-state index < -0.39 is 0 Å². The third-order valence-electron chi connectivity index (χ3n) is 0.463. The standard InChI is InChI=1S/C5H9OS/c1-2-4-7-5-3-6/h2H,1,3-5H2. The molecule has 0 amide bonds. The molecule has 0 aliphatic rings. The third kappa shape index (κ3) is 6.05. The SMILES string of the molecule is C=CCSCC[O]. The highest BCUT2D eigenvalue weighted by Gasteiger charge is 1.79. The third-order valence-corrected chi connectivity index (χ3v) is 1.39. The first-order chi connectivity index (χ1) is 3.41. The van der Waals surface area contributed by atoms with Gasteiger partial charge in [0.2, 0.25) is 0 Å². The van der Waals surface area contributed by atoms with Crippen LogP contribution in [0.1, 0.15) is 0 Å². The number of hydrogen-bond acceptors (Lipinski definition) is 1. The van der Waals surface area contributed by atoms with Gasteiger partial charge in [0.05, 0.1) is 6.61 Å². The average molecular weight is 117 g/mol. The van der Waals surface area contributed by atoms with Crippen molar-refractivity contribution in [2.75, 3.05) is 18.1 Å². The van der Waals surface area contributed by atoms with Crippen molar-refractivity contribution in [3.63, 3.8) is 0 Å². The summed E-state index contributed by atoms with van der Waals surface area (Å²) in [4.78, 5) is 0. The monoisotopic (exact) mass is 117 g/mol. The quantitative estimate of drug-likeness (QED) is 0.402. The van der Waals surface area contributed by atoms with E-state index in [2.05, 4.69) is 6.58 Å². The highest BCUT2D eigenvalue weighted by Crippen LogP contribution is 1.96. The summed E-state index contributed by atoms with van der Waals surface area (Å²) >= 11 is 1.62. The first-order valence-electron chi connectivity index (χ1n) is 2.18. The summed E-state index contributed by atoms with van der Waals surface area (Å²) in [6.07, 6.45) is 1.81. The number of hydrogen-bond donors (Lipinski definition) is 0. The predicted octanol–water partition coefficient (Wildman–Crippen LogP) is 1.34. The van der Waals surface area contributed by atoms with E-state index in [0.717, 1.165) is 5.75 Å². The summed E-state index contributed by atoms with van der Waals surface area (Å²) in [6, 6.07) is 0. The molecule has 0 spiro atoms. The Balaban J connectivity index is 2.56. The van der Waals surface area contributed by atoms with Crippen LogP contribution in [-0.2, 0) is 5.11 Å². The highest BCUT2D eigenvalue weighted by atomic mass is 32.2. The van der Waals surface area contributed by atoms with Crippen molar-refractivity contribution in [1.82, 2.24) is 0 Å². The van der Waals surface area contributed by atoms with E-state index in [0.29, 0.717) is 5.75 Å². The van der Waals surface area contributed by atoms with E-state index in [9.17, 15) is 5.11 Å². The smallest absolute Gasteiger partial charge is 0.0912 e. The van der Waals surface area contributed by atoms with Crippen molar-refractivity contribution in [2.24, 2.45) is 0 Å². The van der Waals surface area contributed by atoms with Crippen LogP contribution in [0.4, 0.5) is 0 Å². The summed E-state index contributed by atoms with van der Waals surface area (Å²) in [5.74, 6) is 1.62. The molecule has 0 aromatic carbocycles. The maximum Gasteiger partial charge on any atom is 0.0912 e. The summed E-state index contributed by atoms with van der Waals surface area (Å²) in [5.41, 5.74) is 0. The van der Waals surface area contributed by atoms with Gasteiger partial charge in [-0.15, -0.1) is 6.58 Å². The van der Waals surface area contributed by atoms with Gasteiger partial charge in [-0.1, -0.05) is 6.08 Å². The largest absolute Gasteiger partial charge is 0.236 e. The molecule has 41 valence electrons. The Bertz CT molecular complexity index is 45.3. The van der Waals surface area contributed by atoms with Crippen LogP contribution < -0.4 is 0 Å².